The Hall–Kier alpha value is -1.73. The number of allylic oxidation sites excluding steroid dienone is 1. The molecule has 1 aromatic rings. The molecule has 118 valence electrons. The normalized spacial score (nSPS) is 17.7. The van der Waals surface area contributed by atoms with E-state index in [4.69, 9.17) is 21.1 Å². The van der Waals surface area contributed by atoms with Gasteiger partial charge in [-0.1, -0.05) is 11.6 Å². The van der Waals surface area contributed by atoms with Gasteiger partial charge in [0.05, 0.1) is 30.3 Å². The van der Waals surface area contributed by atoms with Crippen LogP contribution in [0.4, 0.5) is 4.79 Å². The number of methoxy groups -OCH3 is 2. The van der Waals surface area contributed by atoms with Crippen LogP contribution in [0, 0.1) is 0 Å². The SMILES string of the molecule is COC(=O)C1=C(C)NC(=O)N[C@H]1c1cc(Cl)cc(Br)c1OC. The van der Waals surface area contributed by atoms with Crippen molar-refractivity contribution in [3.63, 3.8) is 0 Å². The van der Waals surface area contributed by atoms with E-state index in [1.807, 2.05) is 0 Å². The zero-order valence-corrected chi connectivity index (χ0v) is 14.5. The second-order valence-electron chi connectivity index (χ2n) is 4.57. The first-order chi connectivity index (χ1) is 10.4. The molecule has 0 unspecified atom stereocenters. The van der Waals surface area contributed by atoms with Crippen LogP contribution in [0.5, 0.6) is 5.75 Å². The van der Waals surface area contributed by atoms with Crippen molar-refractivity contribution in [1.82, 2.24) is 10.6 Å². The van der Waals surface area contributed by atoms with Crippen LogP contribution in [0.25, 0.3) is 0 Å². The third-order valence-corrected chi connectivity index (χ3v) is 4.03. The molecule has 0 spiro atoms. The predicted molar refractivity (Wildman–Crippen MR) is 84.8 cm³/mol. The topological polar surface area (TPSA) is 76.7 Å². The summed E-state index contributed by atoms with van der Waals surface area (Å²) >= 11 is 9.45. The lowest BCUT2D eigenvalue weighted by Gasteiger charge is -2.29. The van der Waals surface area contributed by atoms with E-state index < -0.39 is 18.0 Å². The molecular formula is C14H14BrClN2O4. The Balaban J connectivity index is 2.65. The molecule has 6 nitrogen and oxygen atoms in total. The first-order valence-electron chi connectivity index (χ1n) is 6.28. The summed E-state index contributed by atoms with van der Waals surface area (Å²) in [5, 5.41) is 5.69. The molecular weight excluding hydrogens is 376 g/mol. The molecule has 1 aliphatic heterocycles. The quantitative estimate of drug-likeness (QED) is 0.779. The molecule has 0 saturated carbocycles. The van der Waals surface area contributed by atoms with Gasteiger partial charge in [0, 0.05) is 16.3 Å². The molecule has 2 N–H and O–H groups in total. The standard InChI is InChI=1S/C14H14BrClN2O4/c1-6-10(13(19)22-3)11(18-14(20)17-6)8-4-7(16)5-9(15)12(8)21-2/h4-5,11H,1-3H3,(H2,17,18,20)/t11-/m0/s1. The van der Waals surface area contributed by atoms with Gasteiger partial charge in [0.25, 0.3) is 0 Å². The van der Waals surface area contributed by atoms with Crippen molar-refractivity contribution in [3.8, 4) is 5.75 Å². The van der Waals surface area contributed by atoms with Gasteiger partial charge in [-0.3, -0.25) is 0 Å². The van der Waals surface area contributed by atoms with E-state index in [1.165, 1.54) is 14.2 Å². The highest BCUT2D eigenvalue weighted by Crippen LogP contribution is 2.39. The molecule has 0 saturated heterocycles. The summed E-state index contributed by atoms with van der Waals surface area (Å²) in [6.07, 6.45) is 0. The highest BCUT2D eigenvalue weighted by molar-refractivity contribution is 9.10. The van der Waals surface area contributed by atoms with Crippen LogP contribution in [0.2, 0.25) is 5.02 Å². The summed E-state index contributed by atoms with van der Waals surface area (Å²) in [6, 6.07) is 2.15. The lowest BCUT2D eigenvalue weighted by molar-refractivity contribution is -0.136. The van der Waals surface area contributed by atoms with Gasteiger partial charge in [0.15, 0.2) is 0 Å². The minimum Gasteiger partial charge on any atom is -0.495 e. The maximum absolute atomic E-state index is 12.1. The zero-order chi connectivity index (χ0) is 16.4. The van der Waals surface area contributed by atoms with Crippen LogP contribution in [0.1, 0.15) is 18.5 Å². The fourth-order valence-corrected chi connectivity index (χ4v) is 3.31. The van der Waals surface area contributed by atoms with E-state index in [1.54, 1.807) is 19.1 Å². The van der Waals surface area contributed by atoms with Gasteiger partial charge >= 0.3 is 12.0 Å². The number of hydrogen-bond acceptors (Lipinski definition) is 4. The molecule has 1 aromatic carbocycles. The van der Waals surface area contributed by atoms with Crippen LogP contribution in [0.15, 0.2) is 27.9 Å². The van der Waals surface area contributed by atoms with Crippen molar-refractivity contribution < 1.29 is 19.1 Å². The van der Waals surface area contributed by atoms with Crippen molar-refractivity contribution in [1.29, 1.82) is 0 Å². The van der Waals surface area contributed by atoms with Gasteiger partial charge in [-0.15, -0.1) is 0 Å². The number of amides is 2. The lowest BCUT2D eigenvalue weighted by atomic mass is 9.95. The Morgan fingerprint density at radius 2 is 2.05 bits per heavy atom. The van der Waals surface area contributed by atoms with Gasteiger partial charge in [-0.2, -0.15) is 0 Å². The molecule has 2 amide bonds. The first-order valence-corrected chi connectivity index (χ1v) is 7.45. The Bertz CT molecular complexity index is 675. The van der Waals surface area contributed by atoms with Gasteiger partial charge in [-0.25, -0.2) is 9.59 Å². The van der Waals surface area contributed by atoms with Crippen molar-refractivity contribution in [3.05, 3.63) is 38.5 Å². The summed E-state index contributed by atoms with van der Waals surface area (Å²) in [6.45, 7) is 1.63. The fraction of sp³-hybridized carbons (Fsp3) is 0.286. The van der Waals surface area contributed by atoms with E-state index in [9.17, 15) is 9.59 Å². The molecule has 1 atom stereocenters. The van der Waals surface area contributed by atoms with E-state index in [0.29, 0.717) is 26.5 Å². The maximum atomic E-state index is 12.1. The van der Waals surface area contributed by atoms with Crippen molar-refractivity contribution in [2.75, 3.05) is 14.2 Å². The van der Waals surface area contributed by atoms with Crippen LogP contribution in [-0.4, -0.2) is 26.2 Å². The Morgan fingerprint density at radius 1 is 1.36 bits per heavy atom. The number of rotatable bonds is 3. The molecule has 22 heavy (non-hydrogen) atoms. The number of esters is 1. The highest BCUT2D eigenvalue weighted by Gasteiger charge is 2.34. The summed E-state index contributed by atoms with van der Waals surface area (Å²) in [7, 11) is 2.77. The molecule has 2 rings (SSSR count). The molecule has 1 heterocycles. The number of benzene rings is 1. The number of carbonyl (C=O) groups is 2. The molecule has 1 aliphatic rings. The maximum Gasteiger partial charge on any atom is 0.337 e. The third kappa shape index (κ3) is 3.05. The molecule has 0 bridgehead atoms. The Labute approximate surface area is 140 Å². The number of carbonyl (C=O) groups excluding carboxylic acids is 2. The summed E-state index contributed by atoms with van der Waals surface area (Å²) in [4.78, 5) is 23.9. The van der Waals surface area contributed by atoms with Crippen molar-refractivity contribution in [2.24, 2.45) is 0 Å². The number of hydrogen-bond donors (Lipinski definition) is 2. The van der Waals surface area contributed by atoms with E-state index >= 15 is 0 Å². The van der Waals surface area contributed by atoms with E-state index in [0.717, 1.165) is 0 Å². The second-order valence-corrected chi connectivity index (χ2v) is 5.86. The van der Waals surface area contributed by atoms with Crippen LogP contribution < -0.4 is 15.4 Å². The predicted octanol–water partition coefficient (Wildman–Crippen LogP) is 2.91. The van der Waals surface area contributed by atoms with Crippen LogP contribution in [-0.2, 0) is 9.53 Å². The van der Waals surface area contributed by atoms with E-state index in [2.05, 4.69) is 26.6 Å². The minimum absolute atomic E-state index is 0.287. The number of urea groups is 1. The Kier molecular flexibility index (Phi) is 4.97. The number of ether oxygens (including phenoxy) is 2. The Morgan fingerprint density at radius 3 is 2.64 bits per heavy atom. The molecule has 0 radical (unpaired) electrons. The monoisotopic (exact) mass is 388 g/mol. The van der Waals surface area contributed by atoms with Crippen LogP contribution >= 0.6 is 27.5 Å². The van der Waals surface area contributed by atoms with Crippen LogP contribution in [0.3, 0.4) is 0 Å². The summed E-state index contributed by atoms with van der Waals surface area (Å²) in [5.41, 5.74) is 1.25. The molecule has 8 heteroatoms. The summed E-state index contributed by atoms with van der Waals surface area (Å²) < 4.78 is 10.8. The number of nitrogens with one attached hydrogen (secondary N) is 2. The van der Waals surface area contributed by atoms with Crippen molar-refractivity contribution >= 4 is 39.5 Å². The fourth-order valence-electron chi connectivity index (χ4n) is 2.32. The smallest absolute Gasteiger partial charge is 0.337 e. The molecule has 0 fully saturated rings. The zero-order valence-electron chi connectivity index (χ0n) is 12.1. The average molecular weight is 390 g/mol. The van der Waals surface area contributed by atoms with Crippen molar-refractivity contribution in [2.45, 2.75) is 13.0 Å². The summed E-state index contributed by atoms with van der Waals surface area (Å²) in [5.74, 6) is -0.0704. The third-order valence-electron chi connectivity index (χ3n) is 3.23. The highest BCUT2D eigenvalue weighted by atomic mass is 79.9. The largest absolute Gasteiger partial charge is 0.495 e. The van der Waals surface area contributed by atoms with E-state index in [-0.39, 0.29) is 5.57 Å². The second kappa shape index (κ2) is 6.58. The molecule has 0 aromatic heterocycles. The lowest BCUT2D eigenvalue weighted by Crippen LogP contribution is -2.45. The van der Waals surface area contributed by atoms with Gasteiger partial charge in [0.2, 0.25) is 0 Å². The average Bonchev–Trinajstić information content (AvgIpc) is 2.45. The van der Waals surface area contributed by atoms with Gasteiger partial charge < -0.3 is 20.1 Å². The number of halogens is 2. The first kappa shape index (κ1) is 16.6. The van der Waals surface area contributed by atoms with Gasteiger partial charge in [0.1, 0.15) is 5.75 Å². The van der Waals surface area contributed by atoms with Gasteiger partial charge in [-0.05, 0) is 35.0 Å². The minimum atomic E-state index is -0.730. The molecule has 0 aliphatic carbocycles.